The van der Waals surface area contributed by atoms with Gasteiger partial charge >= 0.3 is 0 Å². The molecule has 1 N–H and O–H groups in total. The average Bonchev–Trinajstić information content (AvgIpc) is 3.22. The molecule has 29 heavy (non-hydrogen) atoms. The van der Waals surface area contributed by atoms with Crippen molar-refractivity contribution in [2.24, 2.45) is 0 Å². The molecule has 4 rings (SSSR count). The van der Waals surface area contributed by atoms with Gasteiger partial charge in [-0.05, 0) is 25.1 Å². The maximum atomic E-state index is 12.5. The number of furan rings is 1. The summed E-state index contributed by atoms with van der Waals surface area (Å²) in [5.74, 6) is 2.20. The molecule has 9 heteroatoms. The highest BCUT2D eigenvalue weighted by Crippen LogP contribution is 2.31. The summed E-state index contributed by atoms with van der Waals surface area (Å²) < 4.78 is 13.1. The van der Waals surface area contributed by atoms with Crippen LogP contribution in [0.5, 0.6) is 5.75 Å². The van der Waals surface area contributed by atoms with Crippen LogP contribution in [0.4, 0.5) is 5.69 Å². The zero-order valence-electron chi connectivity index (χ0n) is 16.2. The molecule has 3 aromatic heterocycles. The van der Waals surface area contributed by atoms with E-state index in [0.717, 1.165) is 34.6 Å². The van der Waals surface area contributed by atoms with Gasteiger partial charge in [0.25, 0.3) is 0 Å². The first-order chi connectivity index (χ1) is 14.0. The third kappa shape index (κ3) is 3.77. The van der Waals surface area contributed by atoms with E-state index in [1.165, 1.54) is 11.8 Å². The van der Waals surface area contributed by atoms with Gasteiger partial charge in [0, 0.05) is 23.6 Å². The predicted molar refractivity (Wildman–Crippen MR) is 114 cm³/mol. The van der Waals surface area contributed by atoms with Gasteiger partial charge in [0.1, 0.15) is 22.4 Å². The Balaban J connectivity index is 1.58. The monoisotopic (exact) mass is 430 g/mol. The molecule has 7 nitrogen and oxygen atoms in total. The van der Waals surface area contributed by atoms with Gasteiger partial charge in [-0.15, -0.1) is 10.2 Å². The highest BCUT2D eigenvalue weighted by atomic mass is 35.5. The van der Waals surface area contributed by atoms with Crippen molar-refractivity contribution in [2.45, 2.75) is 25.3 Å². The zero-order valence-corrected chi connectivity index (χ0v) is 17.7. The summed E-state index contributed by atoms with van der Waals surface area (Å²) in [5.41, 5.74) is 3.14. The minimum atomic E-state index is -0.193. The molecule has 0 aliphatic carbocycles. The summed E-state index contributed by atoms with van der Waals surface area (Å²) in [6, 6.07) is 8.99. The van der Waals surface area contributed by atoms with Crippen LogP contribution in [0.25, 0.3) is 16.6 Å². The van der Waals surface area contributed by atoms with Crippen molar-refractivity contribution in [2.75, 3.05) is 18.2 Å². The van der Waals surface area contributed by atoms with E-state index >= 15 is 0 Å². The summed E-state index contributed by atoms with van der Waals surface area (Å²) in [6.07, 6.45) is 0.734. The number of carbonyl (C=O) groups is 1. The van der Waals surface area contributed by atoms with Crippen LogP contribution in [-0.2, 0) is 11.2 Å². The molecule has 4 aromatic rings. The number of benzene rings is 1. The molecule has 3 heterocycles. The highest BCUT2D eigenvalue weighted by molar-refractivity contribution is 8.00. The lowest BCUT2D eigenvalue weighted by Gasteiger charge is -2.11. The SMILES string of the molecule is CCc1nnc(SCC(=O)Nc2cc(Cl)ccc2OC)c2cc3oc(C)cc3n12. The molecule has 0 saturated carbocycles. The molecule has 0 aliphatic rings. The zero-order chi connectivity index (χ0) is 20.5. The van der Waals surface area contributed by atoms with Crippen molar-refractivity contribution in [1.82, 2.24) is 14.6 Å². The second kappa shape index (κ2) is 7.96. The molecule has 0 bridgehead atoms. The number of anilines is 1. The lowest BCUT2D eigenvalue weighted by Crippen LogP contribution is -2.15. The molecule has 1 aromatic carbocycles. The smallest absolute Gasteiger partial charge is 0.234 e. The Bertz CT molecular complexity index is 1220. The van der Waals surface area contributed by atoms with Gasteiger partial charge in [-0.1, -0.05) is 30.3 Å². The minimum absolute atomic E-state index is 0.164. The number of hydrogen-bond acceptors (Lipinski definition) is 6. The Kier molecular flexibility index (Phi) is 5.38. The Morgan fingerprint density at radius 1 is 1.28 bits per heavy atom. The number of ether oxygens (including phenoxy) is 1. The van der Waals surface area contributed by atoms with Crippen LogP contribution >= 0.6 is 23.4 Å². The van der Waals surface area contributed by atoms with E-state index in [9.17, 15) is 4.79 Å². The number of amides is 1. The number of hydrogen-bond donors (Lipinski definition) is 1. The van der Waals surface area contributed by atoms with E-state index in [4.69, 9.17) is 20.8 Å². The number of fused-ring (bicyclic) bond motifs is 3. The topological polar surface area (TPSA) is 81.7 Å². The molecule has 0 spiro atoms. The van der Waals surface area contributed by atoms with E-state index in [0.29, 0.717) is 21.5 Å². The fraction of sp³-hybridized carbons (Fsp3) is 0.250. The lowest BCUT2D eigenvalue weighted by atomic mass is 10.3. The second-order valence-corrected chi connectivity index (χ2v) is 7.83. The number of methoxy groups -OCH3 is 1. The van der Waals surface area contributed by atoms with E-state index in [1.807, 2.05) is 30.4 Å². The third-order valence-electron chi connectivity index (χ3n) is 4.44. The van der Waals surface area contributed by atoms with Gasteiger partial charge in [0.05, 0.1) is 29.6 Å². The normalized spacial score (nSPS) is 11.3. The van der Waals surface area contributed by atoms with E-state index in [1.54, 1.807) is 25.3 Å². The van der Waals surface area contributed by atoms with Crippen molar-refractivity contribution < 1.29 is 13.9 Å². The number of carbonyl (C=O) groups excluding carboxylic acids is 1. The van der Waals surface area contributed by atoms with Gasteiger partial charge in [-0.3, -0.25) is 9.20 Å². The number of aromatic nitrogens is 3. The van der Waals surface area contributed by atoms with Crippen molar-refractivity contribution in [3.05, 3.63) is 46.9 Å². The molecule has 0 saturated heterocycles. The lowest BCUT2D eigenvalue weighted by molar-refractivity contribution is -0.113. The molecule has 150 valence electrons. The van der Waals surface area contributed by atoms with E-state index < -0.39 is 0 Å². The Hall–Kier alpha value is -2.71. The summed E-state index contributed by atoms with van der Waals surface area (Å²) in [4.78, 5) is 12.5. The molecule has 0 radical (unpaired) electrons. The van der Waals surface area contributed by atoms with Crippen LogP contribution in [0.1, 0.15) is 18.5 Å². The highest BCUT2D eigenvalue weighted by Gasteiger charge is 2.17. The fourth-order valence-corrected chi connectivity index (χ4v) is 4.09. The Labute approximate surface area is 176 Å². The predicted octanol–water partition coefficient (Wildman–Crippen LogP) is 4.74. The summed E-state index contributed by atoms with van der Waals surface area (Å²) in [5, 5.41) is 12.7. The summed E-state index contributed by atoms with van der Waals surface area (Å²) >= 11 is 7.34. The number of nitrogens with zero attached hydrogens (tertiary/aromatic N) is 3. The first-order valence-corrected chi connectivity index (χ1v) is 10.4. The number of halogens is 1. The Morgan fingerprint density at radius 3 is 2.86 bits per heavy atom. The van der Waals surface area contributed by atoms with Gasteiger partial charge in [-0.25, -0.2) is 0 Å². The third-order valence-corrected chi connectivity index (χ3v) is 5.64. The Morgan fingerprint density at radius 2 is 2.10 bits per heavy atom. The summed E-state index contributed by atoms with van der Waals surface area (Å²) in [6.45, 7) is 3.94. The van der Waals surface area contributed by atoms with E-state index in [-0.39, 0.29) is 11.7 Å². The van der Waals surface area contributed by atoms with Crippen LogP contribution in [-0.4, -0.2) is 33.4 Å². The van der Waals surface area contributed by atoms with Crippen molar-refractivity contribution in [3.63, 3.8) is 0 Å². The maximum absolute atomic E-state index is 12.5. The maximum Gasteiger partial charge on any atom is 0.234 e. The van der Waals surface area contributed by atoms with Gasteiger partial charge in [0.15, 0.2) is 5.58 Å². The molecular formula is C20H19ClN4O3S. The molecule has 0 atom stereocenters. The van der Waals surface area contributed by atoms with Gasteiger partial charge in [-0.2, -0.15) is 0 Å². The number of nitrogens with one attached hydrogen (secondary N) is 1. The quantitative estimate of drug-likeness (QED) is 0.445. The molecular weight excluding hydrogens is 412 g/mol. The minimum Gasteiger partial charge on any atom is -0.495 e. The second-order valence-electron chi connectivity index (χ2n) is 6.43. The van der Waals surface area contributed by atoms with Crippen LogP contribution < -0.4 is 10.1 Å². The largest absolute Gasteiger partial charge is 0.495 e. The first kappa shape index (κ1) is 19.6. The van der Waals surface area contributed by atoms with Crippen LogP contribution in [0.3, 0.4) is 0 Å². The van der Waals surface area contributed by atoms with Gasteiger partial charge in [0.2, 0.25) is 5.91 Å². The van der Waals surface area contributed by atoms with Crippen molar-refractivity contribution >= 4 is 51.6 Å². The number of thioether (sulfide) groups is 1. The average molecular weight is 431 g/mol. The number of aryl methyl sites for hydroxylation is 2. The van der Waals surface area contributed by atoms with Crippen molar-refractivity contribution in [3.8, 4) is 5.75 Å². The van der Waals surface area contributed by atoms with Crippen molar-refractivity contribution in [1.29, 1.82) is 0 Å². The van der Waals surface area contributed by atoms with Crippen LogP contribution in [0, 0.1) is 6.92 Å². The number of rotatable bonds is 6. The molecule has 1 amide bonds. The fourth-order valence-electron chi connectivity index (χ4n) is 3.18. The van der Waals surface area contributed by atoms with Crippen LogP contribution in [0.2, 0.25) is 5.02 Å². The molecule has 0 unspecified atom stereocenters. The summed E-state index contributed by atoms with van der Waals surface area (Å²) in [7, 11) is 1.54. The molecule has 0 fully saturated rings. The van der Waals surface area contributed by atoms with Crippen LogP contribution in [0.15, 0.2) is 39.8 Å². The standard InChI is InChI=1S/C20H19ClN4O3S/c1-4-18-23-24-20(15-9-17-14(25(15)18)7-11(2)28-17)29-10-19(26)22-13-8-12(21)5-6-16(13)27-3/h5-9H,4,10H2,1-3H3,(H,22,26). The van der Waals surface area contributed by atoms with Gasteiger partial charge < -0.3 is 14.5 Å². The molecule has 0 aliphatic heterocycles. The first-order valence-electron chi connectivity index (χ1n) is 9.03. The van der Waals surface area contributed by atoms with E-state index in [2.05, 4.69) is 15.5 Å².